The van der Waals surface area contributed by atoms with Gasteiger partial charge in [-0.15, -0.1) is 8.21 Å². The van der Waals surface area contributed by atoms with Gasteiger partial charge in [-0.3, -0.25) is 0 Å². The molecule has 90 valence electrons. The van der Waals surface area contributed by atoms with Gasteiger partial charge in [-0.05, 0) is 0 Å². The highest BCUT2D eigenvalue weighted by Gasteiger charge is 2.72. The molecule has 2 N–H and O–H groups in total. The Bertz CT molecular complexity index is 242. The first kappa shape index (κ1) is 14.8. The van der Waals surface area contributed by atoms with Crippen molar-refractivity contribution in [2.45, 2.75) is 39.3 Å². The summed E-state index contributed by atoms with van der Waals surface area (Å²) in [7, 11) is -5.81. The van der Waals surface area contributed by atoms with Crippen LogP contribution in [0.2, 0.25) is 39.3 Å². The van der Waals surface area contributed by atoms with Gasteiger partial charge in [0, 0.05) is 0 Å². The highest BCUT2D eigenvalue weighted by Crippen LogP contribution is 2.91. The van der Waals surface area contributed by atoms with Crippen molar-refractivity contribution in [1.29, 1.82) is 0 Å². The number of hydrogen-bond donors (Lipinski definition) is 1. The molecule has 1 rings (SSSR count). The molecule has 0 amide bonds. The standard InChI is InChI=1S/C6H20Cl2N3P2Si2/c1-14(2,3)10-12(7)11(13(10,8)9)15(4,5)6/h9H2,1-6H3/q+1. The Morgan fingerprint density at radius 3 is 1.40 bits per heavy atom. The molecule has 0 aromatic heterocycles. The zero-order valence-electron chi connectivity index (χ0n) is 10.1. The van der Waals surface area contributed by atoms with E-state index in [1.54, 1.807) is 0 Å². The summed E-state index contributed by atoms with van der Waals surface area (Å²) in [5, 5.41) is 0. The lowest BCUT2D eigenvalue weighted by molar-refractivity contribution is 0.819. The molecule has 0 unspecified atom stereocenters. The van der Waals surface area contributed by atoms with Crippen LogP contribution in [0.25, 0.3) is 0 Å². The van der Waals surface area contributed by atoms with E-state index in [0.29, 0.717) is 0 Å². The summed E-state index contributed by atoms with van der Waals surface area (Å²) in [4.78, 5) is 0. The van der Waals surface area contributed by atoms with Gasteiger partial charge >= 0.3 is 7.07 Å². The van der Waals surface area contributed by atoms with Crippen LogP contribution in [-0.2, 0) is 0 Å². The van der Waals surface area contributed by atoms with Crippen molar-refractivity contribution in [2.24, 2.45) is 5.50 Å². The average molecular weight is 323 g/mol. The second kappa shape index (κ2) is 4.15. The van der Waals surface area contributed by atoms with E-state index in [-0.39, 0.29) is 0 Å². The van der Waals surface area contributed by atoms with Crippen LogP contribution in [-0.4, -0.2) is 24.7 Å². The molecular formula is C6H20Cl2N3P2Si2+. The molecular weight excluding hydrogens is 303 g/mol. The lowest BCUT2D eigenvalue weighted by Crippen LogP contribution is -2.60. The third-order valence-electron chi connectivity index (χ3n) is 2.04. The molecule has 1 aliphatic rings. The lowest BCUT2D eigenvalue weighted by Gasteiger charge is -2.56. The monoisotopic (exact) mass is 322 g/mol. The summed E-state index contributed by atoms with van der Waals surface area (Å²) in [5.41, 5.74) is 6.30. The third kappa shape index (κ3) is 2.62. The van der Waals surface area contributed by atoms with Crippen LogP contribution in [0.3, 0.4) is 0 Å². The topological polar surface area (TPSA) is 32.5 Å². The second-order valence-corrected chi connectivity index (χ2v) is 23.1. The molecule has 9 heteroatoms. The maximum absolute atomic E-state index is 6.54. The zero-order valence-corrected chi connectivity index (χ0v) is 15.4. The van der Waals surface area contributed by atoms with Crippen molar-refractivity contribution in [2.75, 3.05) is 0 Å². The van der Waals surface area contributed by atoms with E-state index in [2.05, 4.69) is 47.5 Å². The first-order valence-corrected chi connectivity index (χ1v) is 16.6. The first-order valence-electron chi connectivity index (χ1n) is 4.84. The van der Waals surface area contributed by atoms with E-state index < -0.39 is 31.1 Å². The molecule has 1 heterocycles. The fraction of sp³-hybridized carbons (Fsp3) is 1.00. The van der Waals surface area contributed by atoms with Crippen LogP contribution in [0.15, 0.2) is 0 Å². The second-order valence-electron chi connectivity index (χ2n) is 5.73. The fourth-order valence-electron chi connectivity index (χ4n) is 1.67. The van der Waals surface area contributed by atoms with Crippen molar-refractivity contribution in [3.63, 3.8) is 0 Å². The number of halogens is 2. The van der Waals surface area contributed by atoms with E-state index in [0.717, 1.165) is 0 Å². The highest BCUT2D eigenvalue weighted by atomic mass is 35.7. The maximum atomic E-state index is 6.54. The smallest absolute Gasteiger partial charge is 0.159 e. The minimum absolute atomic E-state index is 0.754. The Labute approximate surface area is 106 Å². The van der Waals surface area contributed by atoms with Gasteiger partial charge in [-0.2, -0.15) is 5.50 Å². The molecule has 15 heavy (non-hydrogen) atoms. The highest BCUT2D eigenvalue weighted by molar-refractivity contribution is 8.15. The largest absolute Gasteiger partial charge is 0.324 e. The molecule has 0 spiro atoms. The predicted molar refractivity (Wildman–Crippen MR) is 80.1 cm³/mol. The summed E-state index contributed by atoms with van der Waals surface area (Å²) in [5.74, 6) is 0. The van der Waals surface area contributed by atoms with Crippen LogP contribution in [0, 0.1) is 0 Å². The number of hydrogen-bond acceptors (Lipinski definition) is 3. The zero-order chi connectivity index (χ0) is 12.2. The first-order chi connectivity index (χ1) is 6.40. The maximum Gasteiger partial charge on any atom is 0.324 e. The van der Waals surface area contributed by atoms with Crippen molar-refractivity contribution in [3.8, 4) is 0 Å². The van der Waals surface area contributed by atoms with E-state index in [9.17, 15) is 0 Å². The van der Waals surface area contributed by atoms with E-state index in [4.69, 9.17) is 28.0 Å². The van der Waals surface area contributed by atoms with Crippen LogP contribution >= 0.6 is 37.1 Å². The number of nitrogens with zero attached hydrogens (tertiary/aromatic N) is 2. The molecule has 1 fully saturated rings. The predicted octanol–water partition coefficient (Wildman–Crippen LogP) is 4.61. The summed E-state index contributed by atoms with van der Waals surface area (Å²) in [6.45, 7) is 13.5. The Morgan fingerprint density at radius 1 is 1.00 bits per heavy atom. The summed E-state index contributed by atoms with van der Waals surface area (Å²) in [6.07, 6.45) is 0. The Hall–Kier alpha value is 1.75. The van der Waals surface area contributed by atoms with Gasteiger partial charge in [-0.1, -0.05) is 50.5 Å². The van der Waals surface area contributed by atoms with Crippen LogP contribution < -0.4 is 5.50 Å². The molecule has 1 aliphatic heterocycles. The van der Waals surface area contributed by atoms with Gasteiger partial charge < -0.3 is 0 Å². The Kier molecular flexibility index (Phi) is 4.10. The number of rotatable bonds is 2. The van der Waals surface area contributed by atoms with Crippen LogP contribution in [0.5, 0.6) is 0 Å². The molecule has 0 saturated carbocycles. The normalized spacial score (nSPS) is 35.4. The Morgan fingerprint density at radius 2 is 1.27 bits per heavy atom. The van der Waals surface area contributed by atoms with E-state index in [1.807, 2.05) is 0 Å². The van der Waals surface area contributed by atoms with Crippen molar-refractivity contribution in [3.05, 3.63) is 0 Å². The summed E-state index contributed by atoms with van der Waals surface area (Å²) < 4.78 is 4.49. The molecule has 3 nitrogen and oxygen atoms in total. The van der Waals surface area contributed by atoms with Gasteiger partial charge in [0.25, 0.3) is 0 Å². The molecule has 0 aromatic carbocycles. The van der Waals surface area contributed by atoms with Gasteiger partial charge in [0.2, 0.25) is 0 Å². The van der Waals surface area contributed by atoms with Crippen LogP contribution in [0.4, 0.5) is 0 Å². The molecule has 0 bridgehead atoms. The quantitative estimate of drug-likeness (QED) is 0.595. The fourth-order valence-corrected chi connectivity index (χ4v) is 29.1. The SMILES string of the molecule is C[Si](C)(C)N1P(Cl)N([Si](C)(C)C)[P+]1(N)Cl. The van der Waals surface area contributed by atoms with Crippen molar-refractivity contribution < 1.29 is 0 Å². The Balaban J connectivity index is 2.96. The number of nitrogens with two attached hydrogens (primary N) is 1. The molecule has 0 radical (unpaired) electrons. The van der Waals surface area contributed by atoms with Gasteiger partial charge in [0.05, 0.1) is 0 Å². The summed E-state index contributed by atoms with van der Waals surface area (Å²) in [6, 6.07) is 0. The van der Waals surface area contributed by atoms with Gasteiger partial charge in [0.1, 0.15) is 0 Å². The average Bonchev–Trinajstić information content (AvgIpc) is 1.74. The molecule has 0 aromatic rings. The van der Waals surface area contributed by atoms with Crippen LogP contribution in [0.1, 0.15) is 0 Å². The van der Waals surface area contributed by atoms with Gasteiger partial charge in [-0.25, -0.2) is 0 Å². The van der Waals surface area contributed by atoms with E-state index >= 15 is 0 Å². The minimum Gasteiger partial charge on any atom is -0.159 e. The molecule has 1 saturated heterocycles. The van der Waals surface area contributed by atoms with Gasteiger partial charge in [0.15, 0.2) is 35.3 Å². The third-order valence-corrected chi connectivity index (χ3v) is 23.6. The minimum atomic E-state index is -2.08. The summed E-state index contributed by atoms with van der Waals surface area (Å²) >= 11 is 13.0. The van der Waals surface area contributed by atoms with Crippen molar-refractivity contribution in [1.82, 2.24) is 8.21 Å². The lowest BCUT2D eigenvalue weighted by atomic mass is 11.8. The molecule has 0 atom stereocenters. The van der Waals surface area contributed by atoms with E-state index in [1.165, 1.54) is 0 Å². The molecule has 0 aliphatic carbocycles. The van der Waals surface area contributed by atoms with Crippen molar-refractivity contribution >= 4 is 53.6 Å².